The van der Waals surface area contributed by atoms with E-state index in [0.29, 0.717) is 0 Å². The Morgan fingerprint density at radius 1 is 1.43 bits per heavy atom. The van der Waals surface area contributed by atoms with E-state index in [9.17, 15) is 0 Å². The fraction of sp³-hybridized carbons (Fsp3) is 0.600. The molecule has 0 bridgehead atoms. The highest BCUT2D eigenvalue weighted by Gasteiger charge is 2.12. The number of piperidine rings is 1. The largest absolute Gasteiger partial charge is 0.377 e. The van der Waals surface area contributed by atoms with Crippen molar-refractivity contribution in [3.8, 4) is 0 Å². The number of thiophene rings is 1. The molecule has 1 aliphatic heterocycles. The highest BCUT2D eigenvalue weighted by molar-refractivity contribution is 9.11. The zero-order valence-electron chi connectivity index (χ0n) is 8.05. The first-order chi connectivity index (χ1) is 6.84. The highest BCUT2D eigenvalue weighted by atomic mass is 79.9. The normalized spacial score (nSPS) is 18.4. The summed E-state index contributed by atoms with van der Waals surface area (Å²) >= 11 is 5.23. The predicted molar refractivity (Wildman–Crippen MR) is 66.1 cm³/mol. The van der Waals surface area contributed by atoms with Gasteiger partial charge in [-0.25, -0.2) is 0 Å². The van der Waals surface area contributed by atoms with Crippen LogP contribution in [0.2, 0.25) is 0 Å². The van der Waals surface area contributed by atoms with Crippen LogP contribution in [0.5, 0.6) is 0 Å². The maximum absolute atomic E-state index is 3.50. The summed E-state index contributed by atoms with van der Waals surface area (Å²) < 4.78 is 1.20. The van der Waals surface area contributed by atoms with E-state index in [4.69, 9.17) is 0 Å². The van der Waals surface area contributed by atoms with Gasteiger partial charge in [0.05, 0.1) is 8.79 Å². The van der Waals surface area contributed by atoms with Gasteiger partial charge in [-0.1, -0.05) is 0 Å². The monoisotopic (exact) mass is 274 g/mol. The Morgan fingerprint density at radius 3 is 2.86 bits per heavy atom. The van der Waals surface area contributed by atoms with Gasteiger partial charge in [-0.2, -0.15) is 0 Å². The lowest BCUT2D eigenvalue weighted by atomic mass is 9.98. The van der Waals surface area contributed by atoms with Crippen molar-refractivity contribution in [1.29, 1.82) is 0 Å². The maximum atomic E-state index is 3.50. The predicted octanol–water partition coefficient (Wildman–Crippen LogP) is 2.92. The fourth-order valence-corrected chi connectivity index (χ4v) is 3.03. The molecule has 0 atom stereocenters. The first-order valence-electron chi connectivity index (χ1n) is 5.04. The van der Waals surface area contributed by atoms with Crippen molar-refractivity contribution in [2.24, 2.45) is 5.92 Å². The summed E-state index contributed by atoms with van der Waals surface area (Å²) in [6.07, 6.45) is 2.61. The van der Waals surface area contributed by atoms with Crippen molar-refractivity contribution < 1.29 is 0 Å². The van der Waals surface area contributed by atoms with Gasteiger partial charge in [0, 0.05) is 6.54 Å². The summed E-state index contributed by atoms with van der Waals surface area (Å²) in [5.41, 5.74) is 0. The lowest BCUT2D eigenvalue weighted by Crippen LogP contribution is -2.31. The van der Waals surface area contributed by atoms with Crippen LogP contribution in [0.25, 0.3) is 0 Å². The first-order valence-corrected chi connectivity index (χ1v) is 6.65. The Bertz CT molecular complexity index is 281. The molecule has 4 heteroatoms. The average molecular weight is 275 g/mol. The lowest BCUT2D eigenvalue weighted by molar-refractivity contribution is 0.390. The zero-order chi connectivity index (χ0) is 9.80. The second kappa shape index (κ2) is 5.14. The molecule has 2 nitrogen and oxygen atoms in total. The van der Waals surface area contributed by atoms with Crippen molar-refractivity contribution >= 4 is 32.3 Å². The van der Waals surface area contributed by atoms with Crippen LogP contribution in [0, 0.1) is 5.92 Å². The Balaban J connectivity index is 1.76. The number of hydrogen-bond donors (Lipinski definition) is 2. The van der Waals surface area contributed by atoms with Crippen molar-refractivity contribution in [1.82, 2.24) is 5.32 Å². The van der Waals surface area contributed by atoms with Crippen molar-refractivity contribution in [2.45, 2.75) is 12.8 Å². The van der Waals surface area contributed by atoms with Gasteiger partial charge < -0.3 is 10.6 Å². The molecule has 1 aromatic rings. The third-order valence-corrected chi connectivity index (χ3v) is 4.18. The third-order valence-electron chi connectivity index (χ3n) is 2.60. The molecule has 1 saturated heterocycles. The van der Waals surface area contributed by atoms with E-state index in [2.05, 4.69) is 38.7 Å². The van der Waals surface area contributed by atoms with E-state index >= 15 is 0 Å². The van der Waals surface area contributed by atoms with Crippen molar-refractivity contribution in [3.63, 3.8) is 0 Å². The smallest absolute Gasteiger partial charge is 0.0894 e. The zero-order valence-corrected chi connectivity index (χ0v) is 10.5. The molecule has 2 N–H and O–H groups in total. The Hall–Kier alpha value is -0.0600. The number of nitrogens with one attached hydrogen (secondary N) is 2. The van der Waals surface area contributed by atoms with E-state index in [1.165, 1.54) is 34.7 Å². The molecule has 0 aliphatic carbocycles. The molecule has 0 radical (unpaired) electrons. The lowest BCUT2D eigenvalue weighted by Gasteiger charge is -2.22. The van der Waals surface area contributed by atoms with E-state index in [-0.39, 0.29) is 0 Å². The molecular weight excluding hydrogens is 260 g/mol. The molecule has 2 heterocycles. The van der Waals surface area contributed by atoms with E-state index in [1.54, 1.807) is 11.3 Å². The van der Waals surface area contributed by atoms with Crippen LogP contribution in [-0.4, -0.2) is 19.6 Å². The van der Waals surface area contributed by atoms with Crippen LogP contribution in [0.15, 0.2) is 15.9 Å². The summed E-state index contributed by atoms with van der Waals surface area (Å²) in [5.74, 6) is 0.845. The number of rotatable bonds is 3. The molecule has 1 aliphatic rings. The molecule has 14 heavy (non-hydrogen) atoms. The summed E-state index contributed by atoms with van der Waals surface area (Å²) in [6.45, 7) is 3.48. The van der Waals surface area contributed by atoms with Gasteiger partial charge in [0.1, 0.15) is 0 Å². The second-order valence-corrected chi connectivity index (χ2v) is 6.14. The Labute approximate surface area is 97.2 Å². The first kappa shape index (κ1) is 10.5. The van der Waals surface area contributed by atoms with Gasteiger partial charge in [0.15, 0.2) is 0 Å². The molecule has 0 unspecified atom stereocenters. The van der Waals surface area contributed by atoms with Crippen LogP contribution in [0.1, 0.15) is 12.8 Å². The molecule has 0 aromatic carbocycles. The molecule has 78 valence electrons. The fourth-order valence-electron chi connectivity index (χ4n) is 1.74. The quantitative estimate of drug-likeness (QED) is 0.886. The number of halogens is 1. The average Bonchev–Trinajstić information content (AvgIpc) is 2.63. The van der Waals surface area contributed by atoms with Gasteiger partial charge >= 0.3 is 0 Å². The summed E-state index contributed by atoms with van der Waals surface area (Å²) in [4.78, 5) is 0. The van der Waals surface area contributed by atoms with Crippen LogP contribution in [0.3, 0.4) is 0 Å². The van der Waals surface area contributed by atoms with Gasteiger partial charge in [0.2, 0.25) is 0 Å². The van der Waals surface area contributed by atoms with Gasteiger partial charge in [-0.3, -0.25) is 0 Å². The molecule has 1 aromatic heterocycles. The Kier molecular flexibility index (Phi) is 3.84. The number of anilines is 1. The molecule has 2 rings (SSSR count). The number of hydrogen-bond acceptors (Lipinski definition) is 3. The SMILES string of the molecule is Brc1ccc(NCC2CCNCC2)s1. The van der Waals surface area contributed by atoms with Crippen LogP contribution in [-0.2, 0) is 0 Å². The van der Waals surface area contributed by atoms with Crippen LogP contribution in [0.4, 0.5) is 5.00 Å². The minimum Gasteiger partial charge on any atom is -0.377 e. The topological polar surface area (TPSA) is 24.1 Å². The van der Waals surface area contributed by atoms with Gasteiger partial charge in [0.25, 0.3) is 0 Å². The molecule has 0 saturated carbocycles. The minimum absolute atomic E-state index is 0.845. The van der Waals surface area contributed by atoms with E-state index in [1.807, 2.05) is 0 Å². The summed E-state index contributed by atoms with van der Waals surface area (Å²) in [5, 5.41) is 8.15. The van der Waals surface area contributed by atoms with Gasteiger partial charge in [-0.15, -0.1) is 11.3 Å². The highest BCUT2D eigenvalue weighted by Crippen LogP contribution is 2.27. The molecule has 0 spiro atoms. The van der Waals surface area contributed by atoms with Crippen molar-refractivity contribution in [3.05, 3.63) is 15.9 Å². The summed E-state index contributed by atoms with van der Waals surface area (Å²) in [7, 11) is 0. The molecule has 1 fully saturated rings. The maximum Gasteiger partial charge on any atom is 0.0894 e. The Morgan fingerprint density at radius 2 is 2.21 bits per heavy atom. The minimum atomic E-state index is 0.845. The van der Waals surface area contributed by atoms with Crippen LogP contribution >= 0.6 is 27.3 Å². The molecule has 0 amide bonds. The second-order valence-electron chi connectivity index (χ2n) is 3.68. The third kappa shape index (κ3) is 2.97. The standard InChI is InChI=1S/C10H15BrN2S/c11-9-1-2-10(14-9)13-7-8-3-5-12-6-4-8/h1-2,8,12-13H,3-7H2. The molecular formula is C10H15BrN2S. The summed E-state index contributed by atoms with van der Waals surface area (Å²) in [6, 6.07) is 4.23. The van der Waals surface area contributed by atoms with E-state index < -0.39 is 0 Å². The van der Waals surface area contributed by atoms with E-state index in [0.717, 1.165) is 12.5 Å². The van der Waals surface area contributed by atoms with Gasteiger partial charge in [-0.05, 0) is 59.9 Å². The van der Waals surface area contributed by atoms with Crippen LogP contribution < -0.4 is 10.6 Å². The van der Waals surface area contributed by atoms with Crippen molar-refractivity contribution in [2.75, 3.05) is 25.0 Å².